The lowest BCUT2D eigenvalue weighted by Gasteiger charge is -2.08. The molecule has 1 rings (SSSR count). The standard InChI is InChI=1S/C9H13F2N3O2S/c1-2-3-7-12-13-9(17-5-8(15)16)14(7)4-6(10)11/h6H,2-5H2,1H3,(H,15,16). The number of carboxylic acids is 1. The molecule has 0 fully saturated rings. The summed E-state index contributed by atoms with van der Waals surface area (Å²) >= 11 is 0.900. The topological polar surface area (TPSA) is 68.0 Å². The van der Waals surface area contributed by atoms with Crippen molar-refractivity contribution in [1.29, 1.82) is 0 Å². The van der Waals surface area contributed by atoms with Crippen molar-refractivity contribution in [3.63, 3.8) is 0 Å². The molecule has 1 heterocycles. The molecule has 8 heteroatoms. The van der Waals surface area contributed by atoms with Crippen molar-refractivity contribution < 1.29 is 18.7 Å². The van der Waals surface area contributed by atoms with Gasteiger partial charge in [-0.15, -0.1) is 10.2 Å². The Kier molecular flexibility index (Phi) is 5.33. The van der Waals surface area contributed by atoms with Crippen LogP contribution in [0.4, 0.5) is 8.78 Å². The molecule has 0 aromatic carbocycles. The number of aromatic nitrogens is 3. The molecule has 96 valence electrons. The molecule has 0 bridgehead atoms. The normalized spacial score (nSPS) is 11.1. The molecule has 0 radical (unpaired) electrons. The first kappa shape index (κ1) is 13.9. The van der Waals surface area contributed by atoms with Gasteiger partial charge in [0.05, 0.1) is 12.3 Å². The maximum absolute atomic E-state index is 12.4. The summed E-state index contributed by atoms with van der Waals surface area (Å²) in [6.07, 6.45) is -1.19. The number of halogens is 2. The number of aliphatic carboxylic acids is 1. The van der Waals surface area contributed by atoms with Crippen LogP contribution in [-0.2, 0) is 17.8 Å². The Morgan fingerprint density at radius 1 is 1.53 bits per heavy atom. The van der Waals surface area contributed by atoms with Gasteiger partial charge in [0.1, 0.15) is 5.82 Å². The molecule has 0 saturated carbocycles. The van der Waals surface area contributed by atoms with Crippen molar-refractivity contribution in [1.82, 2.24) is 14.8 Å². The predicted molar refractivity (Wildman–Crippen MR) is 58.4 cm³/mol. The molecule has 1 aromatic rings. The Hall–Kier alpha value is -1.18. The lowest BCUT2D eigenvalue weighted by molar-refractivity contribution is -0.133. The fourth-order valence-electron chi connectivity index (χ4n) is 1.28. The van der Waals surface area contributed by atoms with E-state index in [1.165, 1.54) is 4.57 Å². The van der Waals surface area contributed by atoms with E-state index in [1.54, 1.807) is 0 Å². The summed E-state index contributed by atoms with van der Waals surface area (Å²) in [4.78, 5) is 10.4. The minimum atomic E-state index is -2.51. The minimum Gasteiger partial charge on any atom is -0.481 e. The highest BCUT2D eigenvalue weighted by Crippen LogP contribution is 2.18. The Morgan fingerprint density at radius 3 is 2.76 bits per heavy atom. The largest absolute Gasteiger partial charge is 0.481 e. The van der Waals surface area contributed by atoms with Crippen LogP contribution in [0.3, 0.4) is 0 Å². The zero-order valence-electron chi connectivity index (χ0n) is 9.27. The monoisotopic (exact) mass is 265 g/mol. The van der Waals surface area contributed by atoms with Gasteiger partial charge in [-0.05, 0) is 6.42 Å². The first-order valence-electron chi connectivity index (χ1n) is 5.09. The summed E-state index contributed by atoms with van der Waals surface area (Å²) in [5.74, 6) is -0.757. The quantitative estimate of drug-likeness (QED) is 0.759. The van der Waals surface area contributed by atoms with Gasteiger partial charge < -0.3 is 9.67 Å². The summed E-state index contributed by atoms with van der Waals surface area (Å²) in [7, 11) is 0. The van der Waals surface area contributed by atoms with Crippen LogP contribution >= 0.6 is 11.8 Å². The molecule has 0 aliphatic carbocycles. The van der Waals surface area contributed by atoms with Crippen molar-refractivity contribution in [3.05, 3.63) is 5.82 Å². The molecule has 1 aromatic heterocycles. The molecule has 0 atom stereocenters. The van der Waals surface area contributed by atoms with Crippen molar-refractivity contribution in [2.24, 2.45) is 0 Å². The third-order valence-electron chi connectivity index (χ3n) is 1.91. The van der Waals surface area contributed by atoms with Crippen molar-refractivity contribution in [2.45, 2.75) is 37.9 Å². The van der Waals surface area contributed by atoms with Crippen molar-refractivity contribution in [3.8, 4) is 0 Å². The van der Waals surface area contributed by atoms with E-state index in [2.05, 4.69) is 10.2 Å². The molecule has 17 heavy (non-hydrogen) atoms. The maximum atomic E-state index is 12.4. The number of hydrogen-bond donors (Lipinski definition) is 1. The van der Waals surface area contributed by atoms with Crippen LogP contribution in [0, 0.1) is 0 Å². The number of rotatable bonds is 7. The predicted octanol–water partition coefficient (Wildman–Crippen LogP) is 1.67. The first-order chi connectivity index (χ1) is 8.04. The average Bonchev–Trinajstić information content (AvgIpc) is 2.58. The molecule has 0 aliphatic heterocycles. The Balaban J connectivity index is 2.83. The molecule has 0 aliphatic rings. The third-order valence-corrected chi connectivity index (χ3v) is 2.86. The molecule has 1 N–H and O–H groups in total. The maximum Gasteiger partial charge on any atom is 0.313 e. The molecular weight excluding hydrogens is 252 g/mol. The van der Waals surface area contributed by atoms with Gasteiger partial charge in [-0.3, -0.25) is 4.79 Å². The number of carboxylic acid groups (broad SMARTS) is 1. The molecule has 0 unspecified atom stereocenters. The SMILES string of the molecule is CCCc1nnc(SCC(=O)O)n1CC(F)F. The van der Waals surface area contributed by atoms with E-state index in [0.29, 0.717) is 12.2 Å². The van der Waals surface area contributed by atoms with Crippen LogP contribution in [0.2, 0.25) is 0 Å². The minimum absolute atomic E-state index is 0.215. The van der Waals surface area contributed by atoms with Crippen LogP contribution < -0.4 is 0 Å². The second-order valence-corrected chi connectivity index (χ2v) is 4.28. The van der Waals surface area contributed by atoms with Crippen LogP contribution in [0.25, 0.3) is 0 Å². The van der Waals surface area contributed by atoms with Gasteiger partial charge in [-0.2, -0.15) is 0 Å². The third kappa shape index (κ3) is 4.29. The molecule has 0 amide bonds. The second-order valence-electron chi connectivity index (χ2n) is 3.33. The number of nitrogens with zero attached hydrogens (tertiary/aromatic N) is 3. The number of alkyl halides is 2. The van der Waals surface area contributed by atoms with Crippen LogP contribution in [-0.4, -0.2) is 38.0 Å². The fourth-order valence-corrected chi connectivity index (χ4v) is 1.97. The van der Waals surface area contributed by atoms with Gasteiger partial charge in [-0.25, -0.2) is 8.78 Å². The molecule has 5 nitrogen and oxygen atoms in total. The van der Waals surface area contributed by atoms with Gasteiger partial charge in [0.15, 0.2) is 5.16 Å². The van der Waals surface area contributed by atoms with E-state index in [9.17, 15) is 13.6 Å². The Labute approximate surface area is 101 Å². The smallest absolute Gasteiger partial charge is 0.313 e. The number of hydrogen-bond acceptors (Lipinski definition) is 4. The van der Waals surface area contributed by atoms with Crippen LogP contribution in [0.1, 0.15) is 19.2 Å². The lowest BCUT2D eigenvalue weighted by Crippen LogP contribution is -2.12. The van der Waals surface area contributed by atoms with Crippen molar-refractivity contribution in [2.75, 3.05) is 5.75 Å². The van der Waals surface area contributed by atoms with Crippen LogP contribution in [0.15, 0.2) is 5.16 Å². The van der Waals surface area contributed by atoms with E-state index in [-0.39, 0.29) is 10.9 Å². The van der Waals surface area contributed by atoms with E-state index in [4.69, 9.17) is 5.11 Å². The highest BCUT2D eigenvalue weighted by atomic mass is 32.2. The average molecular weight is 265 g/mol. The molecular formula is C9H13F2N3O2S. The van der Waals surface area contributed by atoms with Gasteiger partial charge >= 0.3 is 5.97 Å². The number of thioether (sulfide) groups is 1. The number of aryl methyl sites for hydroxylation is 1. The van der Waals surface area contributed by atoms with E-state index < -0.39 is 18.9 Å². The zero-order valence-corrected chi connectivity index (χ0v) is 10.1. The second kappa shape index (κ2) is 6.53. The fraction of sp³-hybridized carbons (Fsp3) is 0.667. The van der Waals surface area contributed by atoms with E-state index in [1.807, 2.05) is 6.92 Å². The summed E-state index contributed by atoms with van der Waals surface area (Å²) in [5.41, 5.74) is 0. The van der Waals surface area contributed by atoms with Gasteiger partial charge in [0.2, 0.25) is 0 Å². The van der Waals surface area contributed by atoms with E-state index >= 15 is 0 Å². The highest BCUT2D eigenvalue weighted by Gasteiger charge is 2.16. The van der Waals surface area contributed by atoms with Crippen molar-refractivity contribution >= 4 is 17.7 Å². The highest BCUT2D eigenvalue weighted by molar-refractivity contribution is 7.99. The molecule has 0 spiro atoms. The van der Waals surface area contributed by atoms with Crippen LogP contribution in [0.5, 0.6) is 0 Å². The van der Waals surface area contributed by atoms with Gasteiger partial charge in [-0.1, -0.05) is 18.7 Å². The molecule has 0 saturated heterocycles. The summed E-state index contributed by atoms with van der Waals surface area (Å²) < 4.78 is 26.1. The summed E-state index contributed by atoms with van der Waals surface area (Å²) in [5, 5.41) is 16.3. The van der Waals surface area contributed by atoms with Gasteiger partial charge in [0, 0.05) is 6.42 Å². The first-order valence-corrected chi connectivity index (χ1v) is 6.08. The van der Waals surface area contributed by atoms with Gasteiger partial charge in [0.25, 0.3) is 6.43 Å². The van der Waals surface area contributed by atoms with E-state index in [0.717, 1.165) is 18.2 Å². The zero-order chi connectivity index (χ0) is 12.8. The number of carbonyl (C=O) groups is 1. The summed E-state index contributed by atoms with van der Waals surface area (Å²) in [6.45, 7) is 1.41. The summed E-state index contributed by atoms with van der Waals surface area (Å²) in [6, 6.07) is 0. The lowest BCUT2D eigenvalue weighted by atomic mass is 10.3. The Morgan fingerprint density at radius 2 is 2.24 bits per heavy atom. The Bertz CT molecular complexity index is 384.